The third-order valence-electron chi connectivity index (χ3n) is 6.07. The van der Waals surface area contributed by atoms with Crippen molar-refractivity contribution in [2.75, 3.05) is 17.7 Å². The van der Waals surface area contributed by atoms with E-state index in [2.05, 4.69) is 25.8 Å². The molecular weight excluding hydrogens is 473 g/mol. The lowest BCUT2D eigenvalue weighted by Gasteiger charge is -2.11. The molecule has 10 heteroatoms. The maximum atomic E-state index is 14.4. The van der Waals surface area contributed by atoms with Crippen molar-refractivity contribution in [1.29, 1.82) is 0 Å². The van der Waals surface area contributed by atoms with Crippen molar-refractivity contribution < 1.29 is 13.9 Å². The fraction of sp³-hybridized carbons (Fsp3) is 0.185. The first-order valence-corrected chi connectivity index (χ1v) is 11.7. The Morgan fingerprint density at radius 3 is 2.51 bits per heavy atom. The minimum absolute atomic E-state index is 0.110. The van der Waals surface area contributed by atoms with Gasteiger partial charge in [-0.2, -0.15) is 10.2 Å². The van der Waals surface area contributed by atoms with E-state index in [1.165, 1.54) is 23.9 Å². The Morgan fingerprint density at radius 2 is 1.81 bits per heavy atom. The van der Waals surface area contributed by atoms with Gasteiger partial charge >= 0.3 is 6.03 Å². The van der Waals surface area contributed by atoms with Gasteiger partial charge in [-0.25, -0.2) is 13.9 Å². The summed E-state index contributed by atoms with van der Waals surface area (Å²) in [5, 5.41) is 15.5. The Morgan fingerprint density at radius 1 is 1.03 bits per heavy atom. The maximum absolute atomic E-state index is 14.4. The van der Waals surface area contributed by atoms with Gasteiger partial charge in [0.25, 0.3) is 0 Å². The van der Waals surface area contributed by atoms with Crippen LogP contribution in [0.1, 0.15) is 25.5 Å². The summed E-state index contributed by atoms with van der Waals surface area (Å²) in [5.41, 5.74) is 4.68. The van der Waals surface area contributed by atoms with E-state index in [0.29, 0.717) is 17.2 Å². The number of aromatic nitrogens is 5. The predicted octanol–water partition coefficient (Wildman–Crippen LogP) is 5.74. The van der Waals surface area contributed by atoms with Crippen LogP contribution in [-0.2, 0) is 7.05 Å². The summed E-state index contributed by atoms with van der Waals surface area (Å²) in [6.45, 7) is 3.99. The van der Waals surface area contributed by atoms with Crippen LogP contribution < -0.4 is 15.4 Å². The molecule has 0 saturated heterocycles. The first kappa shape index (κ1) is 24.0. The summed E-state index contributed by atoms with van der Waals surface area (Å²) in [6, 6.07) is 13.3. The largest absolute Gasteiger partial charge is 0.494 e. The lowest BCUT2D eigenvalue weighted by molar-refractivity contribution is 0.262. The van der Waals surface area contributed by atoms with Gasteiger partial charge in [0.1, 0.15) is 5.82 Å². The number of aryl methyl sites for hydroxylation is 1. The Kier molecular flexibility index (Phi) is 6.31. The fourth-order valence-electron chi connectivity index (χ4n) is 4.06. The number of hydrogen-bond acceptors (Lipinski definition) is 5. The number of pyridine rings is 1. The fourth-order valence-corrected chi connectivity index (χ4v) is 4.06. The first-order chi connectivity index (χ1) is 17.8. The highest BCUT2D eigenvalue weighted by Crippen LogP contribution is 2.29. The smallest absolute Gasteiger partial charge is 0.324 e. The molecule has 0 aliphatic rings. The van der Waals surface area contributed by atoms with Gasteiger partial charge in [0, 0.05) is 42.0 Å². The molecule has 0 aliphatic heterocycles. The lowest BCUT2D eigenvalue weighted by Crippen LogP contribution is -2.21. The molecule has 0 spiro atoms. The van der Waals surface area contributed by atoms with Crippen LogP contribution in [0.25, 0.3) is 27.7 Å². The van der Waals surface area contributed by atoms with Gasteiger partial charge < -0.3 is 10.1 Å². The molecule has 188 valence electrons. The molecule has 3 aromatic heterocycles. The highest BCUT2D eigenvalue weighted by atomic mass is 19.1. The van der Waals surface area contributed by atoms with Crippen LogP contribution in [0.3, 0.4) is 0 Å². The Bertz CT molecular complexity index is 1590. The number of fused-ring (bicyclic) bond motifs is 1. The summed E-state index contributed by atoms with van der Waals surface area (Å²) in [4.78, 5) is 17.2. The van der Waals surface area contributed by atoms with Crippen molar-refractivity contribution in [1.82, 2.24) is 24.5 Å². The number of nitrogens with zero attached hydrogens (tertiary/aromatic N) is 5. The Hall–Kier alpha value is -4.73. The molecule has 5 rings (SSSR count). The molecule has 2 aromatic carbocycles. The molecule has 2 N–H and O–H groups in total. The third-order valence-corrected chi connectivity index (χ3v) is 6.07. The maximum Gasteiger partial charge on any atom is 0.324 e. The Labute approximate surface area is 212 Å². The van der Waals surface area contributed by atoms with E-state index < -0.39 is 11.8 Å². The average Bonchev–Trinajstić information content (AvgIpc) is 3.48. The second kappa shape index (κ2) is 9.73. The van der Waals surface area contributed by atoms with Crippen LogP contribution in [0.5, 0.6) is 5.75 Å². The zero-order valence-corrected chi connectivity index (χ0v) is 20.9. The molecule has 0 radical (unpaired) electrons. The summed E-state index contributed by atoms with van der Waals surface area (Å²) in [6.07, 6.45) is 5.39. The van der Waals surface area contributed by atoms with E-state index in [1.54, 1.807) is 29.2 Å². The molecule has 0 aliphatic carbocycles. The zero-order chi connectivity index (χ0) is 26.1. The molecule has 0 bridgehead atoms. The number of ether oxygens (including phenoxy) is 1. The van der Waals surface area contributed by atoms with E-state index in [-0.39, 0.29) is 11.7 Å². The van der Waals surface area contributed by atoms with Gasteiger partial charge in [-0.3, -0.25) is 15.0 Å². The van der Waals surface area contributed by atoms with Gasteiger partial charge in [0.15, 0.2) is 11.6 Å². The standard InChI is InChI=1S/C27H26FN7O2/c1-16(2)23-12-26(35(33-23)19-9-10-25(37-4)22(28)11-19)32-27(36)31-18-7-5-17(6-8-18)20-13-29-15-24-21(20)14-30-34(24)3/h5-16H,1-4H3,(H2,31,32,36). The van der Waals surface area contributed by atoms with Crippen molar-refractivity contribution in [3.05, 3.63) is 78.6 Å². The minimum Gasteiger partial charge on any atom is -0.494 e. The molecule has 0 atom stereocenters. The van der Waals surface area contributed by atoms with E-state index in [1.807, 2.05) is 51.4 Å². The van der Waals surface area contributed by atoms with E-state index >= 15 is 0 Å². The molecule has 5 aromatic rings. The number of carbonyl (C=O) groups excluding carboxylic acids is 1. The topological polar surface area (TPSA) is 98.9 Å². The highest BCUT2D eigenvalue weighted by molar-refractivity contribution is 6.00. The number of urea groups is 1. The summed E-state index contributed by atoms with van der Waals surface area (Å²) in [7, 11) is 3.28. The molecule has 3 heterocycles. The minimum atomic E-state index is -0.519. The summed E-state index contributed by atoms with van der Waals surface area (Å²) >= 11 is 0. The molecular formula is C27H26FN7O2. The van der Waals surface area contributed by atoms with Crippen LogP contribution in [0, 0.1) is 5.82 Å². The summed E-state index contributed by atoms with van der Waals surface area (Å²) < 4.78 is 22.6. The van der Waals surface area contributed by atoms with Crippen LogP contribution >= 0.6 is 0 Å². The van der Waals surface area contributed by atoms with Gasteiger partial charge in [-0.05, 0) is 35.7 Å². The molecule has 37 heavy (non-hydrogen) atoms. The monoisotopic (exact) mass is 499 g/mol. The third kappa shape index (κ3) is 4.73. The number of methoxy groups -OCH3 is 1. The number of halogens is 1. The van der Waals surface area contributed by atoms with Crippen LogP contribution in [0.2, 0.25) is 0 Å². The summed E-state index contributed by atoms with van der Waals surface area (Å²) in [5.74, 6) is 0.136. The number of hydrogen-bond donors (Lipinski definition) is 2. The van der Waals surface area contributed by atoms with Crippen molar-refractivity contribution in [2.24, 2.45) is 7.05 Å². The number of amides is 2. The van der Waals surface area contributed by atoms with Gasteiger partial charge in [0.2, 0.25) is 0 Å². The number of rotatable bonds is 6. The van der Waals surface area contributed by atoms with Crippen LogP contribution in [-0.4, -0.2) is 37.7 Å². The number of anilines is 2. The zero-order valence-electron chi connectivity index (χ0n) is 20.9. The molecule has 0 unspecified atom stereocenters. The molecule has 0 saturated carbocycles. The second-order valence-electron chi connectivity index (χ2n) is 8.88. The molecule has 2 amide bonds. The number of nitrogens with one attached hydrogen (secondary N) is 2. The quantitative estimate of drug-likeness (QED) is 0.311. The predicted molar refractivity (Wildman–Crippen MR) is 141 cm³/mol. The van der Waals surface area contributed by atoms with Gasteiger partial charge in [0.05, 0.1) is 36.4 Å². The lowest BCUT2D eigenvalue weighted by atomic mass is 10.0. The van der Waals surface area contributed by atoms with E-state index in [4.69, 9.17) is 4.74 Å². The van der Waals surface area contributed by atoms with Crippen LogP contribution in [0.15, 0.2) is 67.1 Å². The average molecular weight is 500 g/mol. The van der Waals surface area contributed by atoms with Gasteiger partial charge in [-0.15, -0.1) is 0 Å². The first-order valence-electron chi connectivity index (χ1n) is 11.7. The van der Waals surface area contributed by atoms with Gasteiger partial charge in [-0.1, -0.05) is 26.0 Å². The van der Waals surface area contributed by atoms with Crippen LogP contribution in [0.4, 0.5) is 20.7 Å². The van der Waals surface area contributed by atoms with Crippen molar-refractivity contribution in [3.8, 4) is 22.6 Å². The second-order valence-corrected chi connectivity index (χ2v) is 8.88. The van der Waals surface area contributed by atoms with E-state index in [9.17, 15) is 9.18 Å². The Balaban J connectivity index is 1.36. The molecule has 0 fully saturated rings. The highest BCUT2D eigenvalue weighted by Gasteiger charge is 2.16. The van der Waals surface area contributed by atoms with Crippen molar-refractivity contribution >= 4 is 28.4 Å². The number of benzene rings is 2. The van der Waals surface area contributed by atoms with Crippen molar-refractivity contribution in [3.63, 3.8) is 0 Å². The SMILES string of the molecule is COc1ccc(-n2nc(C(C)C)cc2NC(=O)Nc2ccc(-c3cncc4c3cnn4C)cc2)cc1F. The molecule has 9 nitrogen and oxygen atoms in total. The van der Waals surface area contributed by atoms with E-state index in [0.717, 1.165) is 27.7 Å². The number of carbonyl (C=O) groups is 1. The normalized spacial score (nSPS) is 11.2. The van der Waals surface area contributed by atoms with Crippen molar-refractivity contribution in [2.45, 2.75) is 19.8 Å².